The molecular formula is C23H35N3O. The average Bonchev–Trinajstić information content (AvgIpc) is 2.68. The normalized spacial score (nSPS) is 26.2. The number of urea groups is 1. The average molecular weight is 370 g/mol. The van der Waals surface area contributed by atoms with E-state index in [9.17, 15) is 4.79 Å². The second-order valence-electron chi connectivity index (χ2n) is 9.21. The van der Waals surface area contributed by atoms with E-state index in [1.807, 2.05) is 0 Å². The Labute approximate surface area is 164 Å². The standard InChI is InChI=1S/C23H35N3O/c1-18(2)26-17-23(21(26)19-9-5-3-6-10-19)13-15-25(16-14-23)22(27)24-20-11-7-4-8-12-20/h3,5-6,9-10,18,20-21H,4,7-8,11-17H2,1-2H3,(H,24,27). The summed E-state index contributed by atoms with van der Waals surface area (Å²) < 4.78 is 0. The van der Waals surface area contributed by atoms with Gasteiger partial charge in [0, 0.05) is 43.2 Å². The van der Waals surface area contributed by atoms with Crippen molar-refractivity contribution in [3.8, 4) is 0 Å². The van der Waals surface area contributed by atoms with Gasteiger partial charge in [-0.1, -0.05) is 49.6 Å². The molecule has 2 heterocycles. The zero-order chi connectivity index (χ0) is 18.9. The first-order valence-electron chi connectivity index (χ1n) is 11.0. The van der Waals surface area contributed by atoms with Crippen molar-refractivity contribution in [2.45, 2.75) is 76.9 Å². The Kier molecular flexibility index (Phi) is 5.45. The minimum atomic E-state index is 0.174. The van der Waals surface area contributed by atoms with Crippen LogP contribution in [0.3, 0.4) is 0 Å². The zero-order valence-corrected chi connectivity index (χ0v) is 17.0. The second-order valence-corrected chi connectivity index (χ2v) is 9.21. The van der Waals surface area contributed by atoms with Gasteiger partial charge in [0.2, 0.25) is 0 Å². The summed E-state index contributed by atoms with van der Waals surface area (Å²) in [6.45, 7) is 7.56. The first kappa shape index (κ1) is 18.8. The summed E-state index contributed by atoms with van der Waals surface area (Å²) in [7, 11) is 0. The van der Waals surface area contributed by atoms with E-state index >= 15 is 0 Å². The molecule has 1 atom stereocenters. The van der Waals surface area contributed by atoms with Crippen LogP contribution in [-0.4, -0.2) is 47.5 Å². The Balaban J connectivity index is 1.39. The molecule has 0 bridgehead atoms. The van der Waals surface area contributed by atoms with Crippen LogP contribution in [0.5, 0.6) is 0 Å². The SMILES string of the molecule is CC(C)N1CC2(CCN(C(=O)NC3CCCCC3)CC2)C1c1ccccc1. The third-order valence-corrected chi connectivity index (χ3v) is 7.17. The summed E-state index contributed by atoms with van der Waals surface area (Å²) in [5.41, 5.74) is 1.78. The number of carbonyl (C=O) groups excluding carboxylic acids is 1. The number of rotatable bonds is 3. The van der Waals surface area contributed by atoms with Crippen LogP contribution in [0.2, 0.25) is 0 Å². The van der Waals surface area contributed by atoms with E-state index < -0.39 is 0 Å². The quantitative estimate of drug-likeness (QED) is 0.847. The van der Waals surface area contributed by atoms with Gasteiger partial charge in [0.1, 0.15) is 0 Å². The summed E-state index contributed by atoms with van der Waals surface area (Å²) >= 11 is 0. The predicted octanol–water partition coefficient (Wildman–Crippen LogP) is 4.58. The largest absolute Gasteiger partial charge is 0.335 e. The molecule has 3 aliphatic rings. The lowest BCUT2D eigenvalue weighted by molar-refractivity contribution is -0.123. The fraction of sp³-hybridized carbons (Fsp3) is 0.696. The van der Waals surface area contributed by atoms with Crippen molar-refractivity contribution in [1.29, 1.82) is 0 Å². The summed E-state index contributed by atoms with van der Waals surface area (Å²) in [5.74, 6) is 0. The van der Waals surface area contributed by atoms with Crippen molar-refractivity contribution in [2.75, 3.05) is 19.6 Å². The number of amides is 2. The summed E-state index contributed by atoms with van der Waals surface area (Å²) in [4.78, 5) is 17.4. The van der Waals surface area contributed by atoms with Gasteiger partial charge in [-0.15, -0.1) is 0 Å². The van der Waals surface area contributed by atoms with E-state index in [0.29, 0.717) is 23.5 Å². The third-order valence-electron chi connectivity index (χ3n) is 7.17. The minimum absolute atomic E-state index is 0.174. The summed E-state index contributed by atoms with van der Waals surface area (Å²) in [6, 6.07) is 12.6. The molecule has 0 radical (unpaired) electrons. The molecule has 1 aromatic rings. The lowest BCUT2D eigenvalue weighted by Gasteiger charge is -2.62. The summed E-state index contributed by atoms with van der Waals surface area (Å²) in [6.07, 6.45) is 8.40. The minimum Gasteiger partial charge on any atom is -0.335 e. The highest BCUT2D eigenvalue weighted by Gasteiger charge is 2.54. The molecule has 0 aromatic heterocycles. The molecule has 1 saturated carbocycles. The van der Waals surface area contributed by atoms with Crippen LogP contribution in [0.4, 0.5) is 4.79 Å². The van der Waals surface area contributed by atoms with E-state index in [4.69, 9.17) is 0 Å². The smallest absolute Gasteiger partial charge is 0.317 e. The van der Waals surface area contributed by atoms with Gasteiger partial charge < -0.3 is 10.2 Å². The highest BCUT2D eigenvalue weighted by atomic mass is 16.2. The number of nitrogens with zero attached hydrogens (tertiary/aromatic N) is 2. The first-order valence-corrected chi connectivity index (χ1v) is 11.0. The van der Waals surface area contributed by atoms with Gasteiger partial charge >= 0.3 is 6.03 Å². The Morgan fingerprint density at radius 3 is 2.37 bits per heavy atom. The number of likely N-dealkylation sites (tertiary alicyclic amines) is 2. The van der Waals surface area contributed by atoms with Crippen molar-refractivity contribution in [2.24, 2.45) is 5.41 Å². The van der Waals surface area contributed by atoms with E-state index in [0.717, 1.165) is 38.8 Å². The van der Waals surface area contributed by atoms with Gasteiger partial charge in [0.15, 0.2) is 0 Å². The van der Waals surface area contributed by atoms with Gasteiger partial charge in [0.25, 0.3) is 0 Å². The van der Waals surface area contributed by atoms with E-state index in [2.05, 4.69) is 59.3 Å². The van der Waals surface area contributed by atoms with Gasteiger partial charge in [-0.05, 0) is 45.1 Å². The summed E-state index contributed by atoms with van der Waals surface area (Å²) in [5, 5.41) is 3.30. The van der Waals surface area contributed by atoms with Crippen LogP contribution in [0.25, 0.3) is 0 Å². The second kappa shape index (κ2) is 7.83. The maximum Gasteiger partial charge on any atom is 0.317 e. The van der Waals surface area contributed by atoms with Crippen molar-refractivity contribution >= 4 is 6.03 Å². The Morgan fingerprint density at radius 2 is 1.74 bits per heavy atom. The lowest BCUT2D eigenvalue weighted by Crippen LogP contribution is -2.64. The topological polar surface area (TPSA) is 35.6 Å². The van der Waals surface area contributed by atoms with Crippen LogP contribution in [0, 0.1) is 5.41 Å². The van der Waals surface area contributed by atoms with Crippen LogP contribution in [-0.2, 0) is 0 Å². The van der Waals surface area contributed by atoms with Crippen LogP contribution in [0.15, 0.2) is 30.3 Å². The number of hydrogen-bond donors (Lipinski definition) is 1. The van der Waals surface area contributed by atoms with Gasteiger partial charge in [-0.2, -0.15) is 0 Å². The third kappa shape index (κ3) is 3.73. The molecule has 27 heavy (non-hydrogen) atoms. The van der Waals surface area contributed by atoms with Crippen molar-refractivity contribution in [3.05, 3.63) is 35.9 Å². The lowest BCUT2D eigenvalue weighted by atomic mass is 9.62. The molecule has 2 aliphatic heterocycles. The van der Waals surface area contributed by atoms with Crippen LogP contribution in [0.1, 0.15) is 70.4 Å². The zero-order valence-electron chi connectivity index (χ0n) is 17.0. The van der Waals surface area contributed by atoms with E-state index in [1.54, 1.807) is 0 Å². The molecule has 3 fully saturated rings. The number of hydrogen-bond acceptors (Lipinski definition) is 2. The van der Waals surface area contributed by atoms with E-state index in [1.165, 1.54) is 31.4 Å². The van der Waals surface area contributed by atoms with Crippen LogP contribution >= 0.6 is 0 Å². The Morgan fingerprint density at radius 1 is 1.07 bits per heavy atom. The molecule has 1 aromatic carbocycles. The van der Waals surface area contributed by atoms with Crippen LogP contribution < -0.4 is 5.32 Å². The molecule has 1 unspecified atom stereocenters. The molecule has 1 N–H and O–H groups in total. The van der Waals surface area contributed by atoms with Gasteiger partial charge in [-0.25, -0.2) is 4.79 Å². The molecule has 4 heteroatoms. The highest BCUT2D eigenvalue weighted by Crippen LogP contribution is 2.55. The molecule has 4 nitrogen and oxygen atoms in total. The molecule has 4 rings (SSSR count). The van der Waals surface area contributed by atoms with Gasteiger partial charge in [-0.3, -0.25) is 4.90 Å². The monoisotopic (exact) mass is 369 g/mol. The molecule has 2 amide bonds. The Hall–Kier alpha value is -1.55. The fourth-order valence-electron chi connectivity index (χ4n) is 5.54. The molecule has 1 aliphatic carbocycles. The Bertz CT molecular complexity index is 630. The maximum absolute atomic E-state index is 12.7. The number of nitrogens with one attached hydrogen (secondary N) is 1. The van der Waals surface area contributed by atoms with Crippen molar-refractivity contribution in [3.63, 3.8) is 0 Å². The predicted molar refractivity (Wildman–Crippen MR) is 110 cm³/mol. The maximum atomic E-state index is 12.7. The molecule has 148 valence electrons. The number of carbonyl (C=O) groups is 1. The van der Waals surface area contributed by atoms with Crippen molar-refractivity contribution < 1.29 is 4.79 Å². The molecule has 2 saturated heterocycles. The van der Waals surface area contributed by atoms with Gasteiger partial charge in [0.05, 0.1) is 0 Å². The number of benzene rings is 1. The highest BCUT2D eigenvalue weighted by molar-refractivity contribution is 5.74. The first-order chi connectivity index (χ1) is 13.1. The fourth-order valence-corrected chi connectivity index (χ4v) is 5.54. The number of piperidine rings is 1. The molecular weight excluding hydrogens is 334 g/mol. The molecule has 1 spiro atoms. The van der Waals surface area contributed by atoms with E-state index in [-0.39, 0.29) is 6.03 Å². The van der Waals surface area contributed by atoms with Crippen molar-refractivity contribution in [1.82, 2.24) is 15.1 Å².